The average molecular weight is 371 g/mol. The van der Waals surface area contributed by atoms with Crippen LogP contribution in [0.15, 0.2) is 18.2 Å². The van der Waals surface area contributed by atoms with Gasteiger partial charge in [0.25, 0.3) is 5.91 Å². The molecule has 0 saturated carbocycles. The van der Waals surface area contributed by atoms with E-state index in [9.17, 15) is 4.79 Å². The number of aryl methyl sites for hydroxylation is 2. The molecule has 0 aliphatic carbocycles. The van der Waals surface area contributed by atoms with Crippen LogP contribution in [0, 0.1) is 13.8 Å². The molecule has 0 atom stereocenters. The second kappa shape index (κ2) is 8.08. The maximum Gasteiger partial charge on any atom is 0.272 e. The SMILES string of the molecule is Cc1nn(C)c(C)c1CN1CCN(C(=O)c2cccc(OC(C)C)n2)CC1. The van der Waals surface area contributed by atoms with Gasteiger partial charge in [0.15, 0.2) is 0 Å². The Morgan fingerprint density at radius 2 is 1.89 bits per heavy atom. The fraction of sp³-hybridized carbons (Fsp3) is 0.550. The van der Waals surface area contributed by atoms with Crippen LogP contribution in [0.25, 0.3) is 0 Å². The Balaban J connectivity index is 1.59. The monoisotopic (exact) mass is 371 g/mol. The smallest absolute Gasteiger partial charge is 0.272 e. The van der Waals surface area contributed by atoms with Crippen molar-refractivity contribution in [2.45, 2.75) is 40.3 Å². The maximum atomic E-state index is 12.8. The van der Waals surface area contributed by atoms with E-state index in [2.05, 4.69) is 28.8 Å². The Labute approximate surface area is 160 Å². The van der Waals surface area contributed by atoms with Crippen LogP contribution in [0.1, 0.15) is 41.3 Å². The fourth-order valence-corrected chi connectivity index (χ4v) is 3.38. The summed E-state index contributed by atoms with van der Waals surface area (Å²) in [5.41, 5.74) is 4.02. The summed E-state index contributed by atoms with van der Waals surface area (Å²) in [4.78, 5) is 21.4. The molecular formula is C20H29N5O2. The van der Waals surface area contributed by atoms with Gasteiger partial charge in [0.05, 0.1) is 11.8 Å². The second-order valence-corrected chi connectivity index (χ2v) is 7.37. The number of ether oxygens (including phenoxy) is 1. The Bertz CT molecular complexity index is 807. The first-order valence-corrected chi connectivity index (χ1v) is 9.49. The normalized spacial score (nSPS) is 15.4. The van der Waals surface area contributed by atoms with Crippen molar-refractivity contribution in [3.8, 4) is 5.88 Å². The summed E-state index contributed by atoms with van der Waals surface area (Å²) in [5, 5.41) is 4.49. The number of hydrogen-bond donors (Lipinski definition) is 0. The minimum Gasteiger partial charge on any atom is -0.475 e. The minimum atomic E-state index is -0.0300. The molecule has 0 N–H and O–H groups in total. The summed E-state index contributed by atoms with van der Waals surface area (Å²) in [7, 11) is 1.98. The molecule has 1 saturated heterocycles. The van der Waals surface area contributed by atoms with E-state index in [-0.39, 0.29) is 12.0 Å². The number of carbonyl (C=O) groups is 1. The van der Waals surface area contributed by atoms with E-state index in [4.69, 9.17) is 4.74 Å². The Morgan fingerprint density at radius 1 is 1.19 bits per heavy atom. The third-order valence-corrected chi connectivity index (χ3v) is 5.00. The van der Waals surface area contributed by atoms with Gasteiger partial charge in [0.1, 0.15) is 5.69 Å². The molecule has 3 heterocycles. The van der Waals surface area contributed by atoms with Gasteiger partial charge in [-0.25, -0.2) is 4.98 Å². The lowest BCUT2D eigenvalue weighted by atomic mass is 10.1. The van der Waals surface area contributed by atoms with Crippen molar-refractivity contribution in [3.05, 3.63) is 40.8 Å². The summed E-state index contributed by atoms with van der Waals surface area (Å²) in [5.74, 6) is 0.467. The number of hydrogen-bond acceptors (Lipinski definition) is 5. The van der Waals surface area contributed by atoms with Gasteiger partial charge in [0.2, 0.25) is 5.88 Å². The van der Waals surface area contributed by atoms with E-state index < -0.39 is 0 Å². The molecule has 0 radical (unpaired) electrons. The van der Waals surface area contributed by atoms with Crippen LogP contribution in [0.2, 0.25) is 0 Å². The topological polar surface area (TPSA) is 63.5 Å². The van der Waals surface area contributed by atoms with Crippen molar-refractivity contribution in [2.75, 3.05) is 26.2 Å². The molecule has 1 aliphatic heterocycles. The van der Waals surface area contributed by atoms with Gasteiger partial charge in [-0.15, -0.1) is 0 Å². The Morgan fingerprint density at radius 3 is 2.48 bits per heavy atom. The van der Waals surface area contributed by atoms with E-state index in [0.29, 0.717) is 24.7 Å². The van der Waals surface area contributed by atoms with E-state index in [1.807, 2.05) is 36.5 Å². The molecule has 1 fully saturated rings. The lowest BCUT2D eigenvalue weighted by molar-refractivity contribution is 0.0620. The van der Waals surface area contributed by atoms with Crippen LogP contribution in [-0.2, 0) is 13.6 Å². The molecule has 2 aromatic heterocycles. The van der Waals surface area contributed by atoms with E-state index in [0.717, 1.165) is 25.3 Å². The molecule has 27 heavy (non-hydrogen) atoms. The molecule has 0 bridgehead atoms. The summed E-state index contributed by atoms with van der Waals surface area (Å²) >= 11 is 0. The third-order valence-electron chi connectivity index (χ3n) is 5.00. The highest BCUT2D eigenvalue weighted by atomic mass is 16.5. The van der Waals surface area contributed by atoms with Crippen molar-refractivity contribution in [3.63, 3.8) is 0 Å². The van der Waals surface area contributed by atoms with Gasteiger partial charge in [-0.3, -0.25) is 14.4 Å². The number of carbonyl (C=O) groups excluding carboxylic acids is 1. The van der Waals surface area contributed by atoms with Crippen LogP contribution in [0.4, 0.5) is 0 Å². The largest absolute Gasteiger partial charge is 0.475 e. The van der Waals surface area contributed by atoms with Crippen molar-refractivity contribution >= 4 is 5.91 Å². The summed E-state index contributed by atoms with van der Waals surface area (Å²) in [6.45, 7) is 12.0. The molecule has 146 valence electrons. The van der Waals surface area contributed by atoms with Crippen molar-refractivity contribution in [1.29, 1.82) is 0 Å². The third kappa shape index (κ3) is 4.47. The second-order valence-electron chi connectivity index (χ2n) is 7.37. The molecule has 1 aliphatic rings. The Kier molecular flexibility index (Phi) is 5.79. The van der Waals surface area contributed by atoms with Crippen LogP contribution < -0.4 is 4.74 Å². The molecule has 0 spiro atoms. The highest BCUT2D eigenvalue weighted by Gasteiger charge is 2.24. The van der Waals surface area contributed by atoms with E-state index >= 15 is 0 Å². The number of nitrogens with zero attached hydrogens (tertiary/aromatic N) is 5. The fourth-order valence-electron chi connectivity index (χ4n) is 3.38. The molecule has 3 rings (SSSR count). The van der Waals surface area contributed by atoms with Gasteiger partial charge >= 0.3 is 0 Å². The summed E-state index contributed by atoms with van der Waals surface area (Å²) < 4.78 is 7.54. The van der Waals surface area contributed by atoms with Crippen LogP contribution in [0.3, 0.4) is 0 Å². The van der Waals surface area contributed by atoms with Gasteiger partial charge in [-0.1, -0.05) is 6.07 Å². The molecule has 2 aromatic rings. The quantitative estimate of drug-likeness (QED) is 0.806. The number of aromatic nitrogens is 3. The first-order chi connectivity index (χ1) is 12.8. The van der Waals surface area contributed by atoms with Gasteiger partial charge < -0.3 is 9.64 Å². The first-order valence-electron chi connectivity index (χ1n) is 9.49. The van der Waals surface area contributed by atoms with Gasteiger partial charge in [-0.2, -0.15) is 5.10 Å². The molecular weight excluding hydrogens is 342 g/mol. The van der Waals surface area contributed by atoms with Crippen molar-refractivity contribution < 1.29 is 9.53 Å². The number of rotatable bonds is 5. The first kappa shape index (κ1) is 19.4. The lowest BCUT2D eigenvalue weighted by Gasteiger charge is -2.34. The van der Waals surface area contributed by atoms with Gasteiger partial charge in [-0.05, 0) is 33.8 Å². The van der Waals surface area contributed by atoms with Crippen LogP contribution in [0.5, 0.6) is 5.88 Å². The highest BCUT2D eigenvalue weighted by Crippen LogP contribution is 2.17. The van der Waals surface area contributed by atoms with Gasteiger partial charge in [0, 0.05) is 57.1 Å². The minimum absolute atomic E-state index is 0.0300. The number of amides is 1. The predicted molar refractivity (Wildman–Crippen MR) is 104 cm³/mol. The molecule has 0 unspecified atom stereocenters. The van der Waals surface area contributed by atoms with Crippen LogP contribution >= 0.6 is 0 Å². The zero-order valence-electron chi connectivity index (χ0n) is 16.9. The number of piperazine rings is 1. The van der Waals surface area contributed by atoms with Crippen molar-refractivity contribution in [2.24, 2.45) is 7.05 Å². The van der Waals surface area contributed by atoms with Crippen LogP contribution in [-0.4, -0.2) is 62.8 Å². The summed E-state index contributed by atoms with van der Waals surface area (Å²) in [6, 6.07) is 5.36. The molecule has 1 amide bonds. The molecule has 0 aromatic carbocycles. The predicted octanol–water partition coefficient (Wildman–Crippen LogP) is 2.18. The summed E-state index contributed by atoms with van der Waals surface area (Å²) in [6.07, 6.45) is 0.0331. The average Bonchev–Trinajstić information content (AvgIpc) is 2.87. The zero-order valence-corrected chi connectivity index (χ0v) is 16.9. The molecule has 7 heteroatoms. The standard InChI is InChI=1S/C20H29N5O2/c1-14(2)27-19-8-6-7-18(21-19)20(26)25-11-9-24(10-12-25)13-17-15(3)22-23(5)16(17)4/h6-8,14H,9-13H2,1-5H3. The number of pyridine rings is 1. The van der Waals surface area contributed by atoms with Crippen molar-refractivity contribution in [1.82, 2.24) is 24.6 Å². The highest BCUT2D eigenvalue weighted by molar-refractivity contribution is 5.92. The Hall–Kier alpha value is -2.41. The van der Waals surface area contributed by atoms with E-state index in [1.54, 1.807) is 12.1 Å². The zero-order chi connectivity index (χ0) is 19.6. The molecule has 7 nitrogen and oxygen atoms in total. The lowest BCUT2D eigenvalue weighted by Crippen LogP contribution is -2.48. The maximum absolute atomic E-state index is 12.8. The van der Waals surface area contributed by atoms with E-state index in [1.165, 1.54) is 11.3 Å².